The maximum absolute atomic E-state index is 10.9. The first-order valence-electron chi connectivity index (χ1n) is 20.7. The van der Waals surface area contributed by atoms with E-state index in [4.69, 9.17) is 28.7 Å². The normalized spacial score (nSPS) is 13.0. The lowest BCUT2D eigenvalue weighted by Gasteiger charge is -2.30. The highest BCUT2D eigenvalue weighted by Gasteiger charge is 2.28. The number of rotatable bonds is 9. The Morgan fingerprint density at radius 1 is 0.364 bits per heavy atom. The first-order valence-corrected chi connectivity index (χ1v) is 20.7. The van der Waals surface area contributed by atoms with Gasteiger partial charge in [0.25, 0.3) is 0 Å². The molecule has 0 unspecified atom stereocenters. The van der Waals surface area contributed by atoms with Crippen LogP contribution in [0.25, 0.3) is 36.5 Å². The van der Waals surface area contributed by atoms with Crippen molar-refractivity contribution < 1.29 is 28.7 Å². The summed E-state index contributed by atoms with van der Waals surface area (Å²) in [5.41, 5.74) is 8.08. The van der Waals surface area contributed by atoms with Gasteiger partial charge in [0.2, 0.25) is 0 Å². The van der Waals surface area contributed by atoms with Crippen LogP contribution in [0.15, 0.2) is 127 Å². The van der Waals surface area contributed by atoms with Crippen molar-refractivity contribution in [2.45, 2.75) is 0 Å². The van der Waals surface area contributed by atoms with E-state index in [0.29, 0.717) is 68.2 Å². The van der Waals surface area contributed by atoms with Crippen LogP contribution in [0.1, 0.15) is 50.1 Å². The number of hydrogen-bond donors (Lipinski definition) is 0. The van der Waals surface area contributed by atoms with Crippen molar-refractivity contribution in [1.82, 2.24) is 0 Å². The fourth-order valence-electron chi connectivity index (χ4n) is 8.33. The van der Waals surface area contributed by atoms with Crippen molar-refractivity contribution in [3.63, 3.8) is 0 Å². The Hall–Kier alpha value is -9.09. The van der Waals surface area contributed by atoms with Gasteiger partial charge in [-0.3, -0.25) is 14.5 Å². The zero-order valence-corrected chi connectivity index (χ0v) is 35.7. The Labute approximate surface area is 380 Å². The first kappa shape index (κ1) is 41.0. The number of para-hydroxylation sites is 6. The van der Waals surface area contributed by atoms with E-state index < -0.39 is 0 Å². The molecule has 7 aromatic rings. The van der Waals surface area contributed by atoms with Crippen molar-refractivity contribution in [3.8, 4) is 52.7 Å². The lowest BCUT2D eigenvalue weighted by molar-refractivity contribution is 0.194. The molecule has 0 N–H and O–H groups in total. The monoisotopic (exact) mass is 864 g/mol. The maximum Gasteiger partial charge on any atom is 0.154 e. The summed E-state index contributed by atoms with van der Waals surface area (Å²) < 4.78 is 18.9. The lowest BCUT2D eigenvalue weighted by atomic mass is 9.86. The largest absolute Gasteiger partial charge is 0.453 e. The van der Waals surface area contributed by atoms with Gasteiger partial charge in [-0.1, -0.05) is 91.1 Å². The van der Waals surface area contributed by atoms with Crippen LogP contribution in [0.4, 0.5) is 34.1 Å². The second-order valence-corrected chi connectivity index (χ2v) is 15.0. The highest BCUT2D eigenvalue weighted by Crippen LogP contribution is 2.50. The zero-order chi connectivity index (χ0) is 45.3. The second kappa shape index (κ2) is 17.2. The summed E-state index contributed by atoms with van der Waals surface area (Å²) in [4.78, 5) is 17.2. The molecule has 0 atom stereocenters. The molecular formula is C54H36N6O6. The standard InChI is InChI=1S/C54H36N6O6/c1-61-58-43-10-4-7-13-49(43)64-52-28-34(19-25-46(52)58)16-22-37-40(31-55)38(23-17-35-20-26-47-53(29-35)65-50-14-8-5-11-44(50)59(47)62-2)42(33-57)39(41(37)32-56)24-18-36-21-27-48-54(30-36)66-51-15-9-6-12-45(51)60(48)63-3/h4-30H,1-3H3/b22-16+,23-17+,24-18+. The average Bonchev–Trinajstić information content (AvgIpc) is 3.36. The fourth-order valence-corrected chi connectivity index (χ4v) is 8.33. The molecule has 0 radical (unpaired) electrons. The van der Waals surface area contributed by atoms with E-state index in [1.54, 1.807) is 54.7 Å². The van der Waals surface area contributed by atoms with Crippen molar-refractivity contribution in [2.75, 3.05) is 36.5 Å². The maximum atomic E-state index is 10.9. The summed E-state index contributed by atoms with van der Waals surface area (Å²) in [5.74, 6) is 3.56. The van der Waals surface area contributed by atoms with Gasteiger partial charge >= 0.3 is 0 Å². The fraction of sp³-hybridized carbons (Fsp3) is 0.0556. The molecule has 0 amide bonds. The molecule has 0 fully saturated rings. The number of hydrogen-bond acceptors (Lipinski definition) is 12. The molecule has 0 aliphatic carbocycles. The van der Waals surface area contributed by atoms with Gasteiger partial charge in [0.05, 0.1) is 38.0 Å². The minimum atomic E-state index is 0.149. The number of benzene rings is 7. The highest BCUT2D eigenvalue weighted by molar-refractivity contribution is 5.91. The minimum Gasteiger partial charge on any atom is -0.453 e. The van der Waals surface area contributed by atoms with Crippen LogP contribution in [0, 0.1) is 34.0 Å². The van der Waals surface area contributed by atoms with Crippen LogP contribution in [-0.4, -0.2) is 21.3 Å². The minimum absolute atomic E-state index is 0.149. The Bertz CT molecular complexity index is 2970. The van der Waals surface area contributed by atoms with Gasteiger partial charge in [0.1, 0.15) is 52.3 Å². The third kappa shape index (κ3) is 7.10. The molecule has 66 heavy (non-hydrogen) atoms. The SMILES string of the molecule is CON1c2ccccc2Oc2cc(/C=C/c3c(C#N)c(/C=C/c4ccc5c(c4)Oc4ccccc4N5OC)c(C#N)c(/C=C/c4ccc5c(c4)Oc4ccccc4N5OC)c3C#N)ccc21. The third-order valence-electron chi connectivity index (χ3n) is 11.3. The van der Waals surface area contributed by atoms with Crippen molar-refractivity contribution in [3.05, 3.63) is 177 Å². The predicted molar refractivity (Wildman–Crippen MR) is 254 cm³/mol. The molecule has 7 aromatic carbocycles. The highest BCUT2D eigenvalue weighted by atomic mass is 16.7. The Morgan fingerprint density at radius 2 is 0.636 bits per heavy atom. The summed E-state index contributed by atoms with van der Waals surface area (Å²) in [7, 11) is 4.78. The molecule has 3 aliphatic heterocycles. The van der Waals surface area contributed by atoms with E-state index in [2.05, 4.69) is 18.2 Å². The van der Waals surface area contributed by atoms with Crippen LogP contribution in [0.3, 0.4) is 0 Å². The van der Waals surface area contributed by atoms with Crippen molar-refractivity contribution >= 4 is 70.6 Å². The molecule has 12 nitrogen and oxygen atoms in total. The smallest absolute Gasteiger partial charge is 0.154 e. The van der Waals surface area contributed by atoms with E-state index in [-0.39, 0.29) is 16.7 Å². The molecule has 3 aliphatic rings. The zero-order valence-electron chi connectivity index (χ0n) is 35.7. The van der Waals surface area contributed by atoms with Crippen LogP contribution in [0.5, 0.6) is 34.5 Å². The quantitative estimate of drug-likeness (QED) is 0.128. The van der Waals surface area contributed by atoms with Crippen LogP contribution < -0.4 is 29.4 Å². The van der Waals surface area contributed by atoms with Gasteiger partial charge in [-0.05, 0) is 89.5 Å². The topological polar surface area (TPSA) is 136 Å². The predicted octanol–water partition coefficient (Wildman–Crippen LogP) is 13.2. The van der Waals surface area contributed by atoms with Gasteiger partial charge in [-0.25, -0.2) is 15.2 Å². The molecule has 0 saturated heterocycles. The molecule has 0 spiro atoms. The molecule has 0 saturated carbocycles. The summed E-state index contributed by atoms with van der Waals surface area (Å²) in [6, 6.07) is 46.6. The molecule has 10 rings (SSSR count). The molecular weight excluding hydrogens is 829 g/mol. The average molecular weight is 865 g/mol. The Morgan fingerprint density at radius 3 is 0.909 bits per heavy atom. The summed E-state index contributed by atoms with van der Waals surface area (Å²) in [5, 5.41) is 37.8. The number of ether oxygens (including phenoxy) is 3. The molecule has 0 bridgehead atoms. The lowest BCUT2D eigenvalue weighted by Crippen LogP contribution is -2.19. The summed E-state index contributed by atoms with van der Waals surface area (Å²) >= 11 is 0. The molecule has 318 valence electrons. The van der Waals surface area contributed by atoms with E-state index in [0.717, 1.165) is 33.8 Å². The van der Waals surface area contributed by atoms with Crippen molar-refractivity contribution in [1.29, 1.82) is 15.8 Å². The van der Waals surface area contributed by atoms with E-state index in [1.165, 1.54) is 0 Å². The Kier molecular flexibility index (Phi) is 10.7. The van der Waals surface area contributed by atoms with Crippen LogP contribution in [-0.2, 0) is 14.5 Å². The number of nitrogens with zero attached hydrogens (tertiary/aromatic N) is 6. The molecule has 3 heterocycles. The first-order chi connectivity index (χ1) is 32.4. The van der Waals surface area contributed by atoms with Crippen molar-refractivity contribution in [2.24, 2.45) is 0 Å². The van der Waals surface area contributed by atoms with Crippen LogP contribution >= 0.6 is 0 Å². The van der Waals surface area contributed by atoms with E-state index in [9.17, 15) is 15.8 Å². The van der Waals surface area contributed by atoms with Gasteiger partial charge in [-0.2, -0.15) is 15.8 Å². The van der Waals surface area contributed by atoms with Gasteiger partial charge in [0.15, 0.2) is 34.5 Å². The number of fused-ring (bicyclic) bond motifs is 6. The number of nitriles is 3. The van der Waals surface area contributed by atoms with E-state index >= 15 is 0 Å². The van der Waals surface area contributed by atoms with Crippen LogP contribution in [0.2, 0.25) is 0 Å². The number of anilines is 6. The molecule has 0 aromatic heterocycles. The summed E-state index contributed by atoms with van der Waals surface area (Å²) in [6.07, 6.45) is 10.6. The van der Waals surface area contributed by atoms with Gasteiger partial charge in [-0.15, -0.1) is 0 Å². The van der Waals surface area contributed by atoms with Gasteiger partial charge in [0, 0.05) is 16.7 Å². The second-order valence-electron chi connectivity index (χ2n) is 15.0. The molecule has 12 heteroatoms. The Balaban J connectivity index is 1.08. The van der Waals surface area contributed by atoms with E-state index in [1.807, 2.05) is 146 Å². The third-order valence-corrected chi connectivity index (χ3v) is 11.3. The van der Waals surface area contributed by atoms with Gasteiger partial charge < -0.3 is 14.2 Å². The summed E-state index contributed by atoms with van der Waals surface area (Å²) in [6.45, 7) is 0.